The zero-order valence-corrected chi connectivity index (χ0v) is 10.7. The van der Waals surface area contributed by atoms with Gasteiger partial charge in [0.25, 0.3) is 5.91 Å². The van der Waals surface area contributed by atoms with Crippen LogP contribution in [0.4, 0.5) is 0 Å². The Balaban J connectivity index is 1.76. The molecule has 0 aliphatic heterocycles. The third kappa shape index (κ3) is 3.09. The van der Waals surface area contributed by atoms with Crippen LogP contribution in [0.5, 0.6) is 0 Å². The molecule has 18 heavy (non-hydrogen) atoms. The Labute approximate surface area is 106 Å². The number of H-pyrrole nitrogens is 1. The quantitative estimate of drug-likeness (QED) is 0.708. The van der Waals surface area contributed by atoms with E-state index < -0.39 is 0 Å². The van der Waals surface area contributed by atoms with E-state index in [9.17, 15) is 9.59 Å². The zero-order valence-electron chi connectivity index (χ0n) is 10.7. The fraction of sp³-hybridized carbons (Fsp3) is 0.583. The molecule has 2 amide bonds. The van der Waals surface area contributed by atoms with Gasteiger partial charge in [0.1, 0.15) is 0 Å². The van der Waals surface area contributed by atoms with E-state index in [0.29, 0.717) is 30.3 Å². The van der Waals surface area contributed by atoms with Gasteiger partial charge in [-0.05, 0) is 26.7 Å². The summed E-state index contributed by atoms with van der Waals surface area (Å²) in [5, 5.41) is 12.3. The first-order valence-electron chi connectivity index (χ1n) is 6.17. The Kier molecular flexibility index (Phi) is 3.64. The largest absolute Gasteiger partial charge is 0.353 e. The number of rotatable bonds is 5. The van der Waals surface area contributed by atoms with E-state index in [0.717, 1.165) is 18.5 Å². The highest BCUT2D eigenvalue weighted by Gasteiger charge is 2.23. The van der Waals surface area contributed by atoms with Crippen molar-refractivity contribution in [2.75, 3.05) is 6.54 Å². The molecule has 98 valence electrons. The van der Waals surface area contributed by atoms with E-state index in [-0.39, 0.29) is 11.8 Å². The van der Waals surface area contributed by atoms with E-state index in [2.05, 4.69) is 20.8 Å². The summed E-state index contributed by atoms with van der Waals surface area (Å²) in [6.07, 6.45) is 2.47. The second kappa shape index (κ2) is 5.20. The Morgan fingerprint density at radius 2 is 2.11 bits per heavy atom. The fourth-order valence-electron chi connectivity index (χ4n) is 1.79. The van der Waals surface area contributed by atoms with Gasteiger partial charge in [-0.15, -0.1) is 0 Å². The van der Waals surface area contributed by atoms with E-state index >= 15 is 0 Å². The van der Waals surface area contributed by atoms with Crippen LogP contribution in [0.2, 0.25) is 0 Å². The lowest BCUT2D eigenvalue weighted by molar-refractivity contribution is -0.121. The maximum absolute atomic E-state index is 11.9. The third-order valence-electron chi connectivity index (χ3n) is 2.94. The van der Waals surface area contributed by atoms with Crippen molar-refractivity contribution in [2.24, 2.45) is 0 Å². The molecule has 0 bridgehead atoms. The Morgan fingerprint density at radius 1 is 1.39 bits per heavy atom. The molecule has 0 radical (unpaired) electrons. The van der Waals surface area contributed by atoms with Crippen molar-refractivity contribution in [1.29, 1.82) is 0 Å². The first-order valence-corrected chi connectivity index (χ1v) is 6.17. The van der Waals surface area contributed by atoms with Crippen LogP contribution in [0.25, 0.3) is 0 Å². The molecule has 1 heterocycles. The second-order valence-corrected chi connectivity index (χ2v) is 4.66. The standard InChI is InChI=1S/C12H18N4O2/c1-7-11(8(2)16-15-7)12(18)13-6-5-10(17)14-9-3-4-9/h9H,3-6H2,1-2H3,(H,13,18)(H,14,17)(H,15,16). The summed E-state index contributed by atoms with van der Waals surface area (Å²) in [5.41, 5.74) is 1.98. The van der Waals surface area contributed by atoms with Crippen molar-refractivity contribution in [3.05, 3.63) is 17.0 Å². The van der Waals surface area contributed by atoms with E-state index in [1.165, 1.54) is 0 Å². The van der Waals surface area contributed by atoms with Gasteiger partial charge in [-0.1, -0.05) is 0 Å². The Bertz CT molecular complexity index is 443. The fourth-order valence-corrected chi connectivity index (χ4v) is 1.79. The monoisotopic (exact) mass is 250 g/mol. The molecule has 1 fully saturated rings. The lowest BCUT2D eigenvalue weighted by Gasteiger charge is -2.06. The predicted octanol–water partition coefficient (Wildman–Crippen LogP) is 0.425. The van der Waals surface area contributed by atoms with Gasteiger partial charge in [0.05, 0.1) is 11.3 Å². The number of hydrogen-bond donors (Lipinski definition) is 3. The maximum atomic E-state index is 11.9. The minimum Gasteiger partial charge on any atom is -0.353 e. The number of aryl methyl sites for hydroxylation is 2. The average Bonchev–Trinajstić information content (AvgIpc) is 3.04. The summed E-state index contributed by atoms with van der Waals surface area (Å²) < 4.78 is 0. The Hall–Kier alpha value is -1.85. The van der Waals surface area contributed by atoms with Crippen LogP contribution in [0.3, 0.4) is 0 Å². The van der Waals surface area contributed by atoms with Crippen LogP contribution in [0, 0.1) is 13.8 Å². The molecular weight excluding hydrogens is 232 g/mol. The molecule has 0 atom stereocenters. The smallest absolute Gasteiger partial charge is 0.255 e. The minimum atomic E-state index is -0.182. The normalized spacial score (nSPS) is 14.3. The molecule has 0 unspecified atom stereocenters. The molecule has 0 aromatic carbocycles. The van der Waals surface area contributed by atoms with Crippen molar-refractivity contribution < 1.29 is 9.59 Å². The van der Waals surface area contributed by atoms with Gasteiger partial charge >= 0.3 is 0 Å². The van der Waals surface area contributed by atoms with Gasteiger partial charge in [0, 0.05) is 24.7 Å². The summed E-state index contributed by atoms with van der Waals surface area (Å²) in [7, 11) is 0. The molecule has 0 saturated heterocycles. The van der Waals surface area contributed by atoms with Crippen molar-refractivity contribution in [3.8, 4) is 0 Å². The molecule has 6 nitrogen and oxygen atoms in total. The molecule has 1 aliphatic rings. The van der Waals surface area contributed by atoms with E-state index in [1.807, 2.05) is 0 Å². The SMILES string of the molecule is Cc1n[nH]c(C)c1C(=O)NCCC(=O)NC1CC1. The van der Waals surface area contributed by atoms with Crippen LogP contribution < -0.4 is 10.6 Å². The van der Waals surface area contributed by atoms with Crippen LogP contribution in [0.15, 0.2) is 0 Å². The minimum absolute atomic E-state index is 0.00145. The number of aromatic nitrogens is 2. The molecule has 1 aliphatic carbocycles. The topological polar surface area (TPSA) is 86.9 Å². The molecule has 3 N–H and O–H groups in total. The number of amides is 2. The van der Waals surface area contributed by atoms with Crippen LogP contribution in [0.1, 0.15) is 41.0 Å². The Morgan fingerprint density at radius 3 is 2.67 bits per heavy atom. The average molecular weight is 250 g/mol. The maximum Gasteiger partial charge on any atom is 0.255 e. The first-order chi connectivity index (χ1) is 8.58. The van der Waals surface area contributed by atoms with Crippen LogP contribution in [-0.2, 0) is 4.79 Å². The summed E-state index contributed by atoms with van der Waals surface area (Å²) >= 11 is 0. The molecular formula is C12H18N4O2. The number of nitrogens with zero attached hydrogens (tertiary/aromatic N) is 1. The van der Waals surface area contributed by atoms with Crippen molar-refractivity contribution in [1.82, 2.24) is 20.8 Å². The van der Waals surface area contributed by atoms with Crippen molar-refractivity contribution in [3.63, 3.8) is 0 Å². The van der Waals surface area contributed by atoms with Gasteiger partial charge < -0.3 is 10.6 Å². The molecule has 1 saturated carbocycles. The van der Waals surface area contributed by atoms with E-state index in [4.69, 9.17) is 0 Å². The van der Waals surface area contributed by atoms with Gasteiger partial charge in [-0.3, -0.25) is 14.7 Å². The summed E-state index contributed by atoms with van der Waals surface area (Å²) in [6, 6.07) is 0.367. The lowest BCUT2D eigenvalue weighted by atomic mass is 10.2. The predicted molar refractivity (Wildman–Crippen MR) is 66.2 cm³/mol. The summed E-state index contributed by atoms with van der Waals surface area (Å²) in [6.45, 7) is 3.92. The number of aromatic amines is 1. The van der Waals surface area contributed by atoms with Gasteiger partial charge in [-0.2, -0.15) is 5.10 Å². The zero-order chi connectivity index (χ0) is 13.1. The van der Waals surface area contributed by atoms with Gasteiger partial charge in [-0.25, -0.2) is 0 Å². The summed E-state index contributed by atoms with van der Waals surface area (Å²) in [4.78, 5) is 23.3. The molecule has 0 spiro atoms. The third-order valence-corrected chi connectivity index (χ3v) is 2.94. The van der Waals surface area contributed by atoms with E-state index in [1.54, 1.807) is 13.8 Å². The van der Waals surface area contributed by atoms with Crippen molar-refractivity contribution in [2.45, 2.75) is 39.2 Å². The molecule has 6 heteroatoms. The van der Waals surface area contributed by atoms with Crippen LogP contribution in [-0.4, -0.2) is 34.6 Å². The highest BCUT2D eigenvalue weighted by atomic mass is 16.2. The number of hydrogen-bond acceptors (Lipinski definition) is 3. The highest BCUT2D eigenvalue weighted by Crippen LogP contribution is 2.18. The second-order valence-electron chi connectivity index (χ2n) is 4.66. The molecule has 1 aromatic heterocycles. The van der Waals surface area contributed by atoms with Crippen LogP contribution >= 0.6 is 0 Å². The first kappa shape index (κ1) is 12.6. The summed E-state index contributed by atoms with van der Waals surface area (Å²) in [5.74, 6) is -0.184. The van der Waals surface area contributed by atoms with Gasteiger partial charge in [0.2, 0.25) is 5.91 Å². The number of carbonyl (C=O) groups excluding carboxylic acids is 2. The molecule has 2 rings (SSSR count). The number of nitrogens with one attached hydrogen (secondary N) is 3. The molecule has 1 aromatic rings. The number of carbonyl (C=O) groups is 2. The highest BCUT2D eigenvalue weighted by molar-refractivity contribution is 5.96. The lowest BCUT2D eigenvalue weighted by Crippen LogP contribution is -2.32. The van der Waals surface area contributed by atoms with Crippen molar-refractivity contribution >= 4 is 11.8 Å². The van der Waals surface area contributed by atoms with Gasteiger partial charge in [0.15, 0.2) is 0 Å².